The molecule has 0 unspecified atom stereocenters. The first-order valence-electron chi connectivity index (χ1n) is 8.81. The number of benzene rings is 2. The van der Waals surface area contributed by atoms with Crippen LogP contribution in [0.4, 0.5) is 0 Å². The summed E-state index contributed by atoms with van der Waals surface area (Å²) in [6.07, 6.45) is 0. The molecule has 0 aliphatic carbocycles. The van der Waals surface area contributed by atoms with Crippen LogP contribution in [0.1, 0.15) is 42.3 Å². The predicted molar refractivity (Wildman–Crippen MR) is 107 cm³/mol. The Morgan fingerprint density at radius 2 is 1.59 bits per heavy atom. The highest BCUT2D eigenvalue weighted by Gasteiger charge is 2.17. The Morgan fingerprint density at radius 3 is 2.11 bits per heavy atom. The lowest BCUT2D eigenvalue weighted by molar-refractivity contribution is 0.0954. The van der Waals surface area contributed by atoms with Gasteiger partial charge in [0, 0.05) is 25.2 Å². The normalized spacial score (nSPS) is 12.0. The maximum absolute atomic E-state index is 12.5. The molecule has 1 amide bonds. The van der Waals surface area contributed by atoms with Gasteiger partial charge < -0.3 is 11.1 Å². The monoisotopic (exact) mass is 389 g/mol. The minimum Gasteiger partial charge on any atom is -0.351 e. The van der Waals surface area contributed by atoms with Gasteiger partial charge in [-0.25, -0.2) is 13.1 Å². The van der Waals surface area contributed by atoms with Crippen LogP contribution in [0, 0.1) is 0 Å². The summed E-state index contributed by atoms with van der Waals surface area (Å²) in [6.45, 7) is 7.17. The van der Waals surface area contributed by atoms with E-state index < -0.39 is 10.0 Å². The van der Waals surface area contributed by atoms with Crippen LogP contribution in [-0.4, -0.2) is 27.4 Å². The first kappa shape index (κ1) is 21.1. The van der Waals surface area contributed by atoms with Crippen LogP contribution in [0.5, 0.6) is 0 Å². The second-order valence-corrected chi connectivity index (χ2v) is 9.11. The fourth-order valence-electron chi connectivity index (χ4n) is 2.46. The van der Waals surface area contributed by atoms with Crippen molar-refractivity contribution in [2.75, 3.05) is 13.1 Å². The van der Waals surface area contributed by atoms with E-state index in [4.69, 9.17) is 5.73 Å². The zero-order valence-electron chi connectivity index (χ0n) is 16.0. The molecule has 2 rings (SSSR count). The van der Waals surface area contributed by atoms with Crippen molar-refractivity contribution in [3.63, 3.8) is 0 Å². The van der Waals surface area contributed by atoms with Gasteiger partial charge in [0.1, 0.15) is 0 Å². The van der Waals surface area contributed by atoms with E-state index in [1.807, 2.05) is 12.1 Å². The minimum absolute atomic E-state index is 0.0338. The van der Waals surface area contributed by atoms with Gasteiger partial charge in [-0.15, -0.1) is 0 Å². The Morgan fingerprint density at radius 1 is 1.00 bits per heavy atom. The fourth-order valence-corrected chi connectivity index (χ4v) is 3.48. The summed E-state index contributed by atoms with van der Waals surface area (Å²) in [4.78, 5) is 12.1. The van der Waals surface area contributed by atoms with Crippen LogP contribution < -0.4 is 15.8 Å². The van der Waals surface area contributed by atoms with Crippen LogP contribution in [0.15, 0.2) is 53.4 Å². The van der Waals surface area contributed by atoms with Crippen molar-refractivity contribution in [3.8, 4) is 0 Å². The van der Waals surface area contributed by atoms with Gasteiger partial charge in [0.05, 0.1) is 4.90 Å². The number of rotatable bonds is 7. The van der Waals surface area contributed by atoms with Crippen LogP contribution >= 0.6 is 0 Å². The van der Waals surface area contributed by atoms with Crippen molar-refractivity contribution in [1.29, 1.82) is 0 Å². The highest BCUT2D eigenvalue weighted by Crippen LogP contribution is 2.23. The first-order valence-corrected chi connectivity index (χ1v) is 10.3. The van der Waals surface area contributed by atoms with Gasteiger partial charge in [-0.2, -0.15) is 0 Å². The minimum atomic E-state index is -3.60. The van der Waals surface area contributed by atoms with E-state index >= 15 is 0 Å². The molecular formula is C20H27N3O3S. The predicted octanol–water partition coefficient (Wildman–Crippen LogP) is 2.15. The highest BCUT2D eigenvalue weighted by atomic mass is 32.2. The maximum Gasteiger partial charge on any atom is 0.251 e. The van der Waals surface area contributed by atoms with Gasteiger partial charge in [-0.3, -0.25) is 4.79 Å². The molecule has 0 fully saturated rings. The standard InChI is InChI=1S/C20H27N3O3S/c1-20(2,3)17-8-10-18(11-9-17)27(25,26)23-14-15-4-6-16(7-5-15)19(24)22-13-12-21/h4-11,23H,12-14,21H2,1-3H3,(H,22,24). The summed E-state index contributed by atoms with van der Waals surface area (Å²) >= 11 is 0. The molecule has 146 valence electrons. The van der Waals surface area contributed by atoms with Crippen molar-refractivity contribution in [2.45, 2.75) is 37.6 Å². The van der Waals surface area contributed by atoms with Crippen molar-refractivity contribution in [3.05, 3.63) is 65.2 Å². The zero-order valence-corrected chi connectivity index (χ0v) is 16.8. The number of carbonyl (C=O) groups is 1. The molecule has 7 heteroatoms. The first-order chi connectivity index (χ1) is 12.6. The Labute approximate surface area is 161 Å². The summed E-state index contributed by atoms with van der Waals surface area (Å²) < 4.78 is 27.5. The van der Waals surface area contributed by atoms with E-state index in [-0.39, 0.29) is 22.8 Å². The van der Waals surface area contributed by atoms with Gasteiger partial charge >= 0.3 is 0 Å². The van der Waals surface area contributed by atoms with Gasteiger partial charge in [0.15, 0.2) is 0 Å². The van der Waals surface area contributed by atoms with Crippen LogP contribution in [0.3, 0.4) is 0 Å². The lowest BCUT2D eigenvalue weighted by Crippen LogP contribution is -2.29. The molecule has 0 radical (unpaired) electrons. The number of sulfonamides is 1. The molecule has 0 aliphatic rings. The number of nitrogens with one attached hydrogen (secondary N) is 2. The molecular weight excluding hydrogens is 362 g/mol. The number of nitrogens with two attached hydrogens (primary N) is 1. The Kier molecular flexibility index (Phi) is 6.75. The molecule has 6 nitrogen and oxygen atoms in total. The number of carbonyl (C=O) groups excluding carboxylic acids is 1. The largest absolute Gasteiger partial charge is 0.351 e. The van der Waals surface area contributed by atoms with E-state index in [1.165, 1.54) is 0 Å². The van der Waals surface area contributed by atoms with Crippen molar-refractivity contribution in [1.82, 2.24) is 10.0 Å². The molecule has 0 aromatic heterocycles. The number of amides is 1. The van der Waals surface area contributed by atoms with Crippen LogP contribution in [-0.2, 0) is 22.0 Å². The van der Waals surface area contributed by atoms with E-state index in [0.717, 1.165) is 11.1 Å². The summed E-state index contributed by atoms with van der Waals surface area (Å²) in [6, 6.07) is 13.7. The zero-order chi connectivity index (χ0) is 20.1. The fraction of sp³-hybridized carbons (Fsp3) is 0.350. The maximum atomic E-state index is 12.5. The summed E-state index contributed by atoms with van der Waals surface area (Å²) in [5, 5.41) is 2.69. The van der Waals surface area contributed by atoms with Crippen LogP contribution in [0.2, 0.25) is 0 Å². The quantitative estimate of drug-likeness (QED) is 0.675. The smallest absolute Gasteiger partial charge is 0.251 e. The third-order valence-electron chi connectivity index (χ3n) is 4.14. The average Bonchev–Trinajstić information content (AvgIpc) is 2.64. The molecule has 27 heavy (non-hydrogen) atoms. The SMILES string of the molecule is CC(C)(C)c1ccc(S(=O)(=O)NCc2ccc(C(=O)NCCN)cc2)cc1. The molecule has 0 saturated carbocycles. The van der Waals surface area contributed by atoms with E-state index in [0.29, 0.717) is 18.7 Å². The lowest BCUT2D eigenvalue weighted by Gasteiger charge is -2.19. The van der Waals surface area contributed by atoms with Crippen molar-refractivity contribution in [2.24, 2.45) is 5.73 Å². The molecule has 0 spiro atoms. The third-order valence-corrected chi connectivity index (χ3v) is 5.56. The number of hydrogen-bond donors (Lipinski definition) is 3. The molecule has 2 aromatic carbocycles. The van der Waals surface area contributed by atoms with E-state index in [9.17, 15) is 13.2 Å². The number of hydrogen-bond acceptors (Lipinski definition) is 4. The molecule has 4 N–H and O–H groups in total. The van der Waals surface area contributed by atoms with E-state index in [1.54, 1.807) is 36.4 Å². The van der Waals surface area contributed by atoms with Crippen molar-refractivity contribution < 1.29 is 13.2 Å². The van der Waals surface area contributed by atoms with Crippen LogP contribution in [0.25, 0.3) is 0 Å². The lowest BCUT2D eigenvalue weighted by atomic mass is 9.87. The second kappa shape index (κ2) is 8.65. The third kappa shape index (κ3) is 5.89. The second-order valence-electron chi connectivity index (χ2n) is 7.34. The Balaban J connectivity index is 2.01. The van der Waals surface area contributed by atoms with Gasteiger partial charge in [0.25, 0.3) is 5.91 Å². The Hall–Kier alpha value is -2.22. The summed E-state index contributed by atoms with van der Waals surface area (Å²) in [5.74, 6) is -0.202. The van der Waals surface area contributed by atoms with Gasteiger partial charge in [-0.05, 0) is 40.8 Å². The molecule has 0 atom stereocenters. The van der Waals surface area contributed by atoms with Crippen molar-refractivity contribution >= 4 is 15.9 Å². The summed E-state index contributed by atoms with van der Waals surface area (Å²) in [7, 11) is -3.60. The molecule has 2 aromatic rings. The Bertz CT molecular complexity index is 868. The van der Waals surface area contributed by atoms with Gasteiger partial charge in [-0.1, -0.05) is 45.0 Å². The summed E-state index contributed by atoms with van der Waals surface area (Å²) in [5.41, 5.74) is 7.67. The van der Waals surface area contributed by atoms with Gasteiger partial charge in [0.2, 0.25) is 10.0 Å². The van der Waals surface area contributed by atoms with E-state index in [2.05, 4.69) is 30.8 Å². The molecule has 0 heterocycles. The highest BCUT2D eigenvalue weighted by molar-refractivity contribution is 7.89. The average molecular weight is 390 g/mol. The molecule has 0 aliphatic heterocycles. The molecule has 0 saturated heterocycles. The molecule has 0 bridgehead atoms. The topological polar surface area (TPSA) is 101 Å².